The summed E-state index contributed by atoms with van der Waals surface area (Å²) in [6.45, 7) is 5.53. The van der Waals surface area contributed by atoms with Crippen LogP contribution in [-0.2, 0) is 0 Å². The van der Waals surface area contributed by atoms with E-state index in [1.54, 1.807) is 22.8 Å². The van der Waals surface area contributed by atoms with Gasteiger partial charge in [0, 0.05) is 43.2 Å². The molecular weight excluding hydrogens is 402 g/mol. The van der Waals surface area contributed by atoms with Crippen molar-refractivity contribution >= 4 is 23.3 Å². The van der Waals surface area contributed by atoms with Crippen LogP contribution in [0.25, 0.3) is 11.3 Å². The van der Waals surface area contributed by atoms with Crippen molar-refractivity contribution in [3.63, 3.8) is 0 Å². The number of nitrogens with zero attached hydrogens (tertiary/aromatic N) is 4. The topological polar surface area (TPSA) is 91.6 Å². The lowest BCUT2D eigenvalue weighted by atomic mass is 10.2. The van der Waals surface area contributed by atoms with Crippen LogP contribution >= 0.6 is 11.3 Å². The first-order valence-electron chi connectivity index (χ1n) is 9.80. The van der Waals surface area contributed by atoms with Crippen LogP contribution in [0.1, 0.15) is 34.2 Å². The number of thiazole rings is 1. The van der Waals surface area contributed by atoms with E-state index in [0.717, 1.165) is 16.3 Å². The van der Waals surface area contributed by atoms with E-state index < -0.39 is 0 Å². The van der Waals surface area contributed by atoms with Crippen LogP contribution in [0.4, 0.5) is 4.79 Å². The highest BCUT2D eigenvalue weighted by Gasteiger charge is 2.27. The van der Waals surface area contributed by atoms with Gasteiger partial charge in [-0.15, -0.1) is 11.3 Å². The van der Waals surface area contributed by atoms with E-state index >= 15 is 0 Å². The van der Waals surface area contributed by atoms with E-state index in [4.69, 9.17) is 4.52 Å². The molecule has 4 rings (SSSR count). The second-order valence-corrected chi connectivity index (χ2v) is 8.11. The number of carbonyl (C=O) groups excluding carboxylic acids is 2. The van der Waals surface area contributed by atoms with Gasteiger partial charge < -0.3 is 19.6 Å². The summed E-state index contributed by atoms with van der Waals surface area (Å²) in [5.41, 5.74) is 2.63. The molecule has 1 aliphatic heterocycles. The Morgan fingerprint density at radius 1 is 1.13 bits per heavy atom. The van der Waals surface area contributed by atoms with Gasteiger partial charge in [-0.05, 0) is 13.8 Å². The number of amides is 3. The molecule has 1 atom stereocenters. The Labute approximate surface area is 178 Å². The van der Waals surface area contributed by atoms with Gasteiger partial charge in [-0.1, -0.05) is 35.5 Å². The van der Waals surface area contributed by atoms with Gasteiger partial charge in [0.2, 0.25) is 5.76 Å². The Hall–Kier alpha value is -3.20. The lowest BCUT2D eigenvalue weighted by Gasteiger charge is -2.34. The maximum atomic E-state index is 12.7. The number of hydrogen-bond acceptors (Lipinski definition) is 6. The molecule has 3 amide bonds. The fourth-order valence-corrected chi connectivity index (χ4v) is 4.13. The van der Waals surface area contributed by atoms with Crippen LogP contribution < -0.4 is 5.32 Å². The van der Waals surface area contributed by atoms with E-state index in [1.807, 2.05) is 42.6 Å². The number of hydrogen-bond donors (Lipinski definition) is 1. The van der Waals surface area contributed by atoms with Gasteiger partial charge in [0.05, 0.1) is 17.4 Å². The molecule has 8 nitrogen and oxygen atoms in total. The summed E-state index contributed by atoms with van der Waals surface area (Å²) in [7, 11) is 0. The van der Waals surface area contributed by atoms with Crippen molar-refractivity contribution in [2.45, 2.75) is 19.9 Å². The van der Waals surface area contributed by atoms with E-state index in [-0.39, 0.29) is 23.7 Å². The van der Waals surface area contributed by atoms with Crippen molar-refractivity contribution in [2.24, 2.45) is 0 Å². The van der Waals surface area contributed by atoms with Gasteiger partial charge in [-0.2, -0.15) is 0 Å². The minimum atomic E-state index is -0.197. The molecule has 1 saturated heterocycles. The second kappa shape index (κ2) is 8.66. The van der Waals surface area contributed by atoms with Gasteiger partial charge in [-0.25, -0.2) is 9.78 Å². The Balaban J connectivity index is 1.30. The standard InChI is InChI=1S/C21H23N5O3S/c1-14-12-18(29-24-14)20(27)25-8-10-26(11-9-25)21(28)22-15(2)19-23-17(13-30-19)16-6-4-3-5-7-16/h3-7,12-13,15H,8-11H2,1-2H3,(H,22,28). The molecule has 1 N–H and O–H groups in total. The molecule has 30 heavy (non-hydrogen) atoms. The number of urea groups is 1. The summed E-state index contributed by atoms with van der Waals surface area (Å²) >= 11 is 1.53. The lowest BCUT2D eigenvalue weighted by molar-refractivity contribution is 0.0623. The third-order valence-corrected chi connectivity index (χ3v) is 6.02. The fourth-order valence-electron chi connectivity index (χ4n) is 3.30. The smallest absolute Gasteiger partial charge is 0.318 e. The Kier molecular flexibility index (Phi) is 5.80. The maximum absolute atomic E-state index is 12.7. The maximum Gasteiger partial charge on any atom is 0.318 e. The number of aromatic nitrogens is 2. The van der Waals surface area contributed by atoms with Crippen molar-refractivity contribution < 1.29 is 14.1 Å². The van der Waals surface area contributed by atoms with Crippen molar-refractivity contribution in [3.8, 4) is 11.3 Å². The van der Waals surface area contributed by atoms with Crippen LogP contribution in [0, 0.1) is 6.92 Å². The summed E-state index contributed by atoms with van der Waals surface area (Å²) < 4.78 is 5.05. The third-order valence-electron chi connectivity index (χ3n) is 4.99. The number of rotatable bonds is 4. The SMILES string of the molecule is Cc1cc(C(=O)N2CCN(C(=O)NC(C)c3nc(-c4ccccc4)cs3)CC2)on1. The minimum Gasteiger partial charge on any atom is -0.351 e. The molecule has 0 saturated carbocycles. The Morgan fingerprint density at radius 2 is 1.83 bits per heavy atom. The monoisotopic (exact) mass is 425 g/mol. The predicted molar refractivity (Wildman–Crippen MR) is 113 cm³/mol. The van der Waals surface area contributed by atoms with Crippen molar-refractivity contribution in [1.82, 2.24) is 25.3 Å². The van der Waals surface area contributed by atoms with E-state index in [2.05, 4.69) is 15.5 Å². The first kappa shape index (κ1) is 20.1. The van der Waals surface area contributed by atoms with Crippen LogP contribution in [0.15, 0.2) is 46.3 Å². The van der Waals surface area contributed by atoms with E-state index in [9.17, 15) is 9.59 Å². The molecule has 1 aliphatic rings. The third kappa shape index (κ3) is 4.35. The molecule has 1 aromatic carbocycles. The van der Waals surface area contributed by atoms with E-state index in [1.165, 1.54) is 11.3 Å². The average Bonchev–Trinajstić information content (AvgIpc) is 3.43. The van der Waals surface area contributed by atoms with Crippen molar-refractivity contribution in [2.75, 3.05) is 26.2 Å². The van der Waals surface area contributed by atoms with Gasteiger partial charge in [0.25, 0.3) is 5.91 Å². The van der Waals surface area contributed by atoms with Gasteiger partial charge in [0.1, 0.15) is 5.01 Å². The molecule has 3 aromatic rings. The first-order chi connectivity index (χ1) is 14.5. The zero-order valence-corrected chi connectivity index (χ0v) is 17.7. The summed E-state index contributed by atoms with van der Waals surface area (Å²) in [6, 6.07) is 11.2. The first-order valence-corrected chi connectivity index (χ1v) is 10.7. The molecular formula is C21H23N5O3S. The molecule has 156 valence electrons. The molecule has 3 heterocycles. The Morgan fingerprint density at radius 3 is 2.50 bits per heavy atom. The van der Waals surface area contributed by atoms with Gasteiger partial charge >= 0.3 is 6.03 Å². The highest BCUT2D eigenvalue weighted by molar-refractivity contribution is 7.10. The summed E-state index contributed by atoms with van der Waals surface area (Å²) in [4.78, 5) is 33.2. The summed E-state index contributed by atoms with van der Waals surface area (Å²) in [5.74, 6) is 0.0391. The molecule has 0 radical (unpaired) electrons. The Bertz CT molecular complexity index is 1020. The zero-order chi connectivity index (χ0) is 21.1. The highest BCUT2D eigenvalue weighted by Crippen LogP contribution is 2.25. The molecule has 0 spiro atoms. The molecule has 0 aliphatic carbocycles. The number of aryl methyl sites for hydroxylation is 1. The highest BCUT2D eigenvalue weighted by atomic mass is 32.1. The number of piperazine rings is 1. The average molecular weight is 426 g/mol. The summed E-state index contributed by atoms with van der Waals surface area (Å²) in [6.07, 6.45) is 0. The second-order valence-electron chi connectivity index (χ2n) is 7.22. The van der Waals surface area contributed by atoms with Crippen LogP contribution in [0.3, 0.4) is 0 Å². The molecule has 9 heteroatoms. The molecule has 1 fully saturated rings. The minimum absolute atomic E-state index is 0.151. The van der Waals surface area contributed by atoms with Gasteiger partial charge in [0.15, 0.2) is 0 Å². The van der Waals surface area contributed by atoms with Crippen molar-refractivity contribution in [1.29, 1.82) is 0 Å². The van der Waals surface area contributed by atoms with Crippen LogP contribution in [0.2, 0.25) is 0 Å². The quantitative estimate of drug-likeness (QED) is 0.692. The molecule has 0 bridgehead atoms. The van der Waals surface area contributed by atoms with Crippen molar-refractivity contribution in [3.05, 3.63) is 58.2 Å². The fraction of sp³-hybridized carbons (Fsp3) is 0.333. The molecule has 2 aromatic heterocycles. The normalized spacial score (nSPS) is 15.1. The van der Waals surface area contributed by atoms with E-state index in [0.29, 0.717) is 31.9 Å². The number of benzene rings is 1. The lowest BCUT2D eigenvalue weighted by Crippen LogP contribution is -2.53. The van der Waals surface area contributed by atoms with Gasteiger partial charge in [-0.3, -0.25) is 4.79 Å². The zero-order valence-electron chi connectivity index (χ0n) is 16.9. The number of carbonyl (C=O) groups is 2. The number of nitrogens with one attached hydrogen (secondary N) is 1. The van der Waals surface area contributed by atoms with Crippen LogP contribution in [-0.4, -0.2) is 58.1 Å². The van der Waals surface area contributed by atoms with Crippen LogP contribution in [0.5, 0.6) is 0 Å². The largest absolute Gasteiger partial charge is 0.351 e. The molecule has 1 unspecified atom stereocenters. The summed E-state index contributed by atoms with van der Waals surface area (Å²) in [5, 5.41) is 9.63. The predicted octanol–water partition coefficient (Wildman–Crippen LogP) is 3.34.